The smallest absolute Gasteiger partial charge is 0.271 e. The molecule has 0 spiro atoms. The average Bonchev–Trinajstić information content (AvgIpc) is 2.75. The minimum absolute atomic E-state index is 0.293. The summed E-state index contributed by atoms with van der Waals surface area (Å²) in [5.41, 5.74) is 3.74. The lowest BCUT2D eigenvalue weighted by Crippen LogP contribution is -2.17. The molecule has 0 fully saturated rings. The third kappa shape index (κ3) is 8.91. The molecule has 0 unspecified atom stereocenters. The highest BCUT2D eigenvalue weighted by molar-refractivity contribution is 9.10. The molecule has 0 bridgehead atoms. The summed E-state index contributed by atoms with van der Waals surface area (Å²) in [5, 5.41) is 4.49. The second kappa shape index (κ2) is 14.1. The van der Waals surface area contributed by atoms with Gasteiger partial charge >= 0.3 is 0 Å². The molecule has 31 heavy (non-hydrogen) atoms. The minimum Gasteiger partial charge on any atom is -0.490 e. The lowest BCUT2D eigenvalue weighted by molar-refractivity contribution is 0.0955. The van der Waals surface area contributed by atoms with Crippen LogP contribution in [0.5, 0.6) is 11.5 Å². The van der Waals surface area contributed by atoms with Crippen LogP contribution < -0.4 is 14.9 Å². The number of carbonyl (C=O) groups is 1. The van der Waals surface area contributed by atoms with Gasteiger partial charge in [0.1, 0.15) is 0 Å². The van der Waals surface area contributed by atoms with Crippen LogP contribution in [-0.4, -0.2) is 25.3 Å². The number of nitrogens with one attached hydrogen (secondary N) is 1. The van der Waals surface area contributed by atoms with Gasteiger partial charge in [0, 0.05) is 10.0 Å². The molecular formula is C24H30BrClN2O3. The molecule has 7 heteroatoms. The predicted molar refractivity (Wildman–Crippen MR) is 131 cm³/mol. The summed E-state index contributed by atoms with van der Waals surface area (Å²) in [6.45, 7) is 5.21. The van der Waals surface area contributed by atoms with E-state index in [1.807, 2.05) is 6.92 Å². The van der Waals surface area contributed by atoms with Crippen molar-refractivity contribution in [3.63, 3.8) is 0 Å². The van der Waals surface area contributed by atoms with Gasteiger partial charge in [0.05, 0.1) is 24.5 Å². The van der Waals surface area contributed by atoms with Crippen molar-refractivity contribution in [2.45, 2.75) is 52.4 Å². The number of unbranched alkanes of at least 4 members (excludes halogenated alkanes) is 5. The largest absolute Gasteiger partial charge is 0.490 e. The first-order valence-electron chi connectivity index (χ1n) is 10.7. The zero-order valence-corrected chi connectivity index (χ0v) is 20.5. The topological polar surface area (TPSA) is 59.9 Å². The van der Waals surface area contributed by atoms with Crippen LogP contribution in [-0.2, 0) is 0 Å². The lowest BCUT2D eigenvalue weighted by atomic mass is 10.1. The van der Waals surface area contributed by atoms with Gasteiger partial charge in [0.15, 0.2) is 11.5 Å². The second-order valence-electron chi connectivity index (χ2n) is 7.09. The molecule has 0 aliphatic heterocycles. The fourth-order valence-electron chi connectivity index (χ4n) is 2.95. The fourth-order valence-corrected chi connectivity index (χ4v) is 3.49. The molecule has 1 amide bonds. The highest BCUT2D eigenvalue weighted by Crippen LogP contribution is 2.36. The number of amides is 1. The summed E-state index contributed by atoms with van der Waals surface area (Å²) in [7, 11) is 0. The highest BCUT2D eigenvalue weighted by atomic mass is 79.9. The zero-order valence-electron chi connectivity index (χ0n) is 18.1. The third-order valence-corrected chi connectivity index (χ3v) is 5.37. The van der Waals surface area contributed by atoms with Crippen LogP contribution in [0.25, 0.3) is 0 Å². The normalized spacial score (nSPS) is 11.0. The number of hydrogen-bond donors (Lipinski definition) is 1. The maximum absolute atomic E-state index is 12.2. The molecule has 0 heterocycles. The van der Waals surface area contributed by atoms with E-state index < -0.39 is 0 Å². The molecule has 2 aromatic carbocycles. The number of halogens is 2. The average molecular weight is 510 g/mol. The monoisotopic (exact) mass is 508 g/mol. The Hall–Kier alpha value is -2.05. The van der Waals surface area contributed by atoms with Crippen molar-refractivity contribution in [2.24, 2.45) is 5.10 Å². The van der Waals surface area contributed by atoms with Crippen LogP contribution in [0.3, 0.4) is 0 Å². The van der Waals surface area contributed by atoms with Gasteiger partial charge in [-0.3, -0.25) is 4.79 Å². The molecule has 0 saturated heterocycles. The minimum atomic E-state index is -0.293. The van der Waals surface area contributed by atoms with Crippen molar-refractivity contribution < 1.29 is 14.3 Å². The number of benzene rings is 2. The molecule has 0 radical (unpaired) electrons. The van der Waals surface area contributed by atoms with E-state index in [1.165, 1.54) is 31.9 Å². The van der Waals surface area contributed by atoms with Gasteiger partial charge in [-0.05, 0) is 55.3 Å². The van der Waals surface area contributed by atoms with Crippen molar-refractivity contribution in [2.75, 3.05) is 13.2 Å². The number of ether oxygens (including phenoxy) is 2. The first kappa shape index (κ1) is 25.2. The molecule has 0 aliphatic carbocycles. The maximum Gasteiger partial charge on any atom is 0.271 e. The highest BCUT2D eigenvalue weighted by Gasteiger charge is 2.12. The fraction of sp³-hybridized carbons (Fsp3) is 0.417. The maximum atomic E-state index is 12.2. The van der Waals surface area contributed by atoms with E-state index in [2.05, 4.69) is 33.4 Å². The van der Waals surface area contributed by atoms with Gasteiger partial charge in [-0.1, -0.05) is 66.6 Å². The molecule has 0 atom stereocenters. The Kier molecular flexibility index (Phi) is 11.5. The molecule has 2 aromatic rings. The summed E-state index contributed by atoms with van der Waals surface area (Å²) in [4.78, 5) is 12.2. The predicted octanol–water partition coefficient (Wildman–Crippen LogP) is 7.00. The number of rotatable bonds is 13. The Morgan fingerprint density at radius 2 is 1.77 bits per heavy atom. The summed E-state index contributed by atoms with van der Waals surface area (Å²) >= 11 is 9.79. The lowest BCUT2D eigenvalue weighted by Gasteiger charge is -2.14. The molecule has 5 nitrogen and oxygen atoms in total. The number of hydrogen-bond acceptors (Lipinski definition) is 4. The van der Waals surface area contributed by atoms with E-state index in [4.69, 9.17) is 21.1 Å². The van der Waals surface area contributed by atoms with Crippen LogP contribution in [0.15, 0.2) is 46.0 Å². The van der Waals surface area contributed by atoms with Gasteiger partial charge < -0.3 is 9.47 Å². The second-order valence-corrected chi connectivity index (χ2v) is 8.41. The summed E-state index contributed by atoms with van der Waals surface area (Å²) in [6.07, 6.45) is 8.68. The summed E-state index contributed by atoms with van der Waals surface area (Å²) < 4.78 is 12.5. The van der Waals surface area contributed by atoms with E-state index >= 15 is 0 Å². The van der Waals surface area contributed by atoms with E-state index in [9.17, 15) is 4.79 Å². The van der Waals surface area contributed by atoms with E-state index in [0.29, 0.717) is 40.9 Å². The Balaban J connectivity index is 1.95. The van der Waals surface area contributed by atoms with Gasteiger partial charge in [0.2, 0.25) is 0 Å². The first-order valence-corrected chi connectivity index (χ1v) is 11.9. The van der Waals surface area contributed by atoms with Gasteiger partial charge in [-0.25, -0.2) is 5.43 Å². The Morgan fingerprint density at radius 3 is 2.48 bits per heavy atom. The van der Waals surface area contributed by atoms with Crippen LogP contribution in [0.2, 0.25) is 5.02 Å². The zero-order chi connectivity index (χ0) is 22.5. The van der Waals surface area contributed by atoms with Gasteiger partial charge in [-0.2, -0.15) is 5.10 Å². The van der Waals surface area contributed by atoms with Crippen molar-refractivity contribution in [3.05, 3.63) is 57.0 Å². The summed E-state index contributed by atoms with van der Waals surface area (Å²) in [6, 6.07) is 10.6. The van der Waals surface area contributed by atoms with Crippen LogP contribution in [0, 0.1) is 0 Å². The van der Waals surface area contributed by atoms with Gasteiger partial charge in [0.25, 0.3) is 5.91 Å². The summed E-state index contributed by atoms with van der Waals surface area (Å²) in [5.74, 6) is 0.827. The number of nitrogens with zero attached hydrogens (tertiary/aromatic N) is 1. The van der Waals surface area contributed by atoms with E-state index in [0.717, 1.165) is 17.3 Å². The molecule has 0 aromatic heterocycles. The molecule has 0 aliphatic rings. The standard InChI is InChI=1S/C24H30BrClN2O3/c1-3-5-6-7-8-9-14-31-23-21(26)15-18(16-22(23)30-4-2)17-27-28-24(29)19-10-12-20(25)13-11-19/h10-13,15-17H,3-9,14H2,1-2H3,(H,28,29)/b27-17+. The number of carbonyl (C=O) groups excluding carboxylic acids is 1. The van der Waals surface area contributed by atoms with Crippen molar-refractivity contribution >= 4 is 39.7 Å². The quantitative estimate of drug-likeness (QED) is 0.179. The Bertz CT molecular complexity index is 857. The Morgan fingerprint density at radius 1 is 1.06 bits per heavy atom. The van der Waals surface area contributed by atoms with Crippen molar-refractivity contribution in [1.29, 1.82) is 0 Å². The third-order valence-electron chi connectivity index (χ3n) is 4.56. The first-order chi connectivity index (χ1) is 15.0. The van der Waals surface area contributed by atoms with Crippen LogP contribution in [0.4, 0.5) is 0 Å². The van der Waals surface area contributed by atoms with E-state index in [-0.39, 0.29) is 5.91 Å². The van der Waals surface area contributed by atoms with Crippen LogP contribution in [0.1, 0.15) is 68.3 Å². The molecule has 2 rings (SSSR count). The molecule has 1 N–H and O–H groups in total. The van der Waals surface area contributed by atoms with Crippen molar-refractivity contribution in [1.82, 2.24) is 5.43 Å². The van der Waals surface area contributed by atoms with Gasteiger partial charge in [-0.15, -0.1) is 0 Å². The van der Waals surface area contributed by atoms with Crippen LogP contribution >= 0.6 is 27.5 Å². The SMILES string of the molecule is CCCCCCCCOc1c(Cl)cc(/C=N/NC(=O)c2ccc(Br)cc2)cc1OCC. The van der Waals surface area contributed by atoms with Crippen molar-refractivity contribution in [3.8, 4) is 11.5 Å². The Labute approximate surface area is 198 Å². The van der Waals surface area contributed by atoms with E-state index in [1.54, 1.807) is 36.4 Å². The molecular weight excluding hydrogens is 480 g/mol. The molecule has 0 saturated carbocycles. The molecule has 168 valence electrons. The number of hydrazone groups is 1.